The van der Waals surface area contributed by atoms with Crippen LogP contribution in [-0.4, -0.2) is 4.92 Å². The number of rotatable bonds is 5. The summed E-state index contributed by atoms with van der Waals surface area (Å²) in [5.74, 6) is 0.814. The van der Waals surface area contributed by atoms with Gasteiger partial charge in [-0.3, -0.25) is 10.1 Å². The van der Waals surface area contributed by atoms with Crippen LogP contribution in [-0.2, 0) is 13.0 Å². The monoisotopic (exact) mass is 286 g/mol. The first-order valence-electron chi connectivity index (χ1n) is 6.80. The maximum absolute atomic E-state index is 11.2. The molecule has 2 rings (SSSR count). The van der Waals surface area contributed by atoms with Gasteiger partial charge in [0.25, 0.3) is 0 Å². The Hall–Kier alpha value is -2.40. The van der Waals surface area contributed by atoms with Crippen LogP contribution in [0.4, 0.5) is 5.69 Å². The molecule has 2 aromatic rings. The normalized spacial score (nSPS) is 10.4. The number of nitrogens with two attached hydrogens (primary N) is 1. The lowest BCUT2D eigenvalue weighted by Gasteiger charge is -2.10. The number of nitro groups is 1. The van der Waals surface area contributed by atoms with E-state index in [-0.39, 0.29) is 11.4 Å². The maximum atomic E-state index is 11.2. The van der Waals surface area contributed by atoms with Crippen LogP contribution in [0.2, 0.25) is 0 Å². The standard InChI is InChI=1S/C16H18N2O3/c1-3-12-4-7-16(15(9-12)18(19)20)21-14-6-5-13(10-17)11(2)8-14/h4-9H,3,10,17H2,1-2H3. The topological polar surface area (TPSA) is 78.4 Å². The van der Waals surface area contributed by atoms with Crippen LogP contribution >= 0.6 is 0 Å². The Bertz CT molecular complexity index is 669. The number of nitro benzene ring substituents is 1. The van der Waals surface area contributed by atoms with Gasteiger partial charge in [0.2, 0.25) is 5.75 Å². The quantitative estimate of drug-likeness (QED) is 0.671. The molecule has 0 amide bonds. The Morgan fingerprint density at radius 3 is 2.57 bits per heavy atom. The minimum atomic E-state index is -0.421. The third-order valence-corrected chi connectivity index (χ3v) is 3.39. The molecule has 0 aliphatic rings. The molecule has 0 spiro atoms. The molecule has 0 atom stereocenters. The summed E-state index contributed by atoms with van der Waals surface area (Å²) in [6.07, 6.45) is 0.741. The van der Waals surface area contributed by atoms with E-state index in [0.717, 1.165) is 23.1 Å². The van der Waals surface area contributed by atoms with Crippen LogP contribution in [0.25, 0.3) is 0 Å². The van der Waals surface area contributed by atoms with Crippen LogP contribution in [0, 0.1) is 17.0 Å². The predicted molar refractivity (Wildman–Crippen MR) is 81.6 cm³/mol. The Morgan fingerprint density at radius 1 is 1.24 bits per heavy atom. The van der Waals surface area contributed by atoms with Gasteiger partial charge in [-0.2, -0.15) is 0 Å². The van der Waals surface area contributed by atoms with Crippen molar-refractivity contribution < 1.29 is 9.66 Å². The number of ether oxygens (including phenoxy) is 1. The third-order valence-electron chi connectivity index (χ3n) is 3.39. The Labute approximate surface area is 123 Å². The fourth-order valence-corrected chi connectivity index (χ4v) is 2.10. The van der Waals surface area contributed by atoms with Gasteiger partial charge in [0.05, 0.1) is 4.92 Å². The first-order chi connectivity index (χ1) is 10.0. The van der Waals surface area contributed by atoms with Gasteiger partial charge in [-0.25, -0.2) is 0 Å². The summed E-state index contributed by atoms with van der Waals surface area (Å²) in [5.41, 5.74) is 8.54. The fourth-order valence-electron chi connectivity index (χ4n) is 2.10. The van der Waals surface area contributed by atoms with Crippen molar-refractivity contribution in [1.29, 1.82) is 0 Å². The summed E-state index contributed by atoms with van der Waals surface area (Å²) in [5, 5.41) is 11.2. The molecule has 110 valence electrons. The molecule has 2 aromatic carbocycles. The van der Waals surface area contributed by atoms with Gasteiger partial charge in [0.1, 0.15) is 5.75 Å². The number of hydrogen-bond donors (Lipinski definition) is 1. The van der Waals surface area contributed by atoms with Gasteiger partial charge >= 0.3 is 5.69 Å². The molecule has 0 unspecified atom stereocenters. The molecule has 21 heavy (non-hydrogen) atoms. The SMILES string of the molecule is CCc1ccc(Oc2ccc(CN)c(C)c2)c([N+](=O)[O-])c1. The van der Waals surface area contributed by atoms with E-state index in [0.29, 0.717) is 12.3 Å². The predicted octanol–water partition coefficient (Wildman–Crippen LogP) is 3.72. The van der Waals surface area contributed by atoms with Crippen molar-refractivity contribution >= 4 is 5.69 Å². The van der Waals surface area contributed by atoms with Crippen LogP contribution in [0.1, 0.15) is 23.6 Å². The highest BCUT2D eigenvalue weighted by Crippen LogP contribution is 2.33. The highest BCUT2D eigenvalue weighted by molar-refractivity contribution is 5.51. The van der Waals surface area contributed by atoms with Crippen LogP contribution < -0.4 is 10.5 Å². The lowest BCUT2D eigenvalue weighted by atomic mass is 10.1. The van der Waals surface area contributed by atoms with Gasteiger partial charge in [0.15, 0.2) is 0 Å². The average molecular weight is 286 g/mol. The van der Waals surface area contributed by atoms with Crippen LogP contribution in [0.3, 0.4) is 0 Å². The molecule has 0 saturated heterocycles. The van der Waals surface area contributed by atoms with Crippen molar-refractivity contribution in [3.05, 3.63) is 63.2 Å². The van der Waals surface area contributed by atoms with E-state index in [1.165, 1.54) is 0 Å². The van der Waals surface area contributed by atoms with Crippen LogP contribution in [0.5, 0.6) is 11.5 Å². The highest BCUT2D eigenvalue weighted by atomic mass is 16.6. The van der Waals surface area contributed by atoms with E-state index < -0.39 is 4.92 Å². The van der Waals surface area contributed by atoms with Gasteiger partial charge in [0, 0.05) is 12.6 Å². The zero-order valence-corrected chi connectivity index (χ0v) is 12.1. The number of benzene rings is 2. The van der Waals surface area contributed by atoms with Gasteiger partial charge in [-0.05, 0) is 48.2 Å². The minimum absolute atomic E-state index is 0.0186. The van der Waals surface area contributed by atoms with Crippen molar-refractivity contribution in [2.75, 3.05) is 0 Å². The Kier molecular flexibility index (Phi) is 4.55. The molecule has 2 N–H and O–H groups in total. The molecule has 0 saturated carbocycles. The molecule has 0 aromatic heterocycles. The van der Waals surface area contributed by atoms with E-state index in [1.54, 1.807) is 18.2 Å². The lowest BCUT2D eigenvalue weighted by molar-refractivity contribution is -0.385. The van der Waals surface area contributed by atoms with Crippen LogP contribution in [0.15, 0.2) is 36.4 Å². The first-order valence-corrected chi connectivity index (χ1v) is 6.80. The first kappa shape index (κ1) is 15.0. The molecule has 0 aliphatic carbocycles. The smallest absolute Gasteiger partial charge is 0.311 e. The summed E-state index contributed by atoms with van der Waals surface area (Å²) in [7, 11) is 0. The second-order valence-electron chi connectivity index (χ2n) is 4.81. The molecular weight excluding hydrogens is 268 g/mol. The second kappa shape index (κ2) is 6.37. The van der Waals surface area contributed by atoms with E-state index in [9.17, 15) is 10.1 Å². The molecule has 5 heteroatoms. The third kappa shape index (κ3) is 3.38. The van der Waals surface area contributed by atoms with E-state index >= 15 is 0 Å². The molecule has 0 heterocycles. The largest absolute Gasteiger partial charge is 0.450 e. The zero-order valence-electron chi connectivity index (χ0n) is 12.1. The van der Waals surface area contributed by atoms with E-state index in [2.05, 4.69) is 0 Å². The van der Waals surface area contributed by atoms with Gasteiger partial charge in [-0.1, -0.05) is 19.1 Å². The molecule has 5 nitrogen and oxygen atoms in total. The summed E-state index contributed by atoms with van der Waals surface area (Å²) in [6, 6.07) is 10.5. The summed E-state index contributed by atoms with van der Waals surface area (Å²) in [6.45, 7) is 4.34. The summed E-state index contributed by atoms with van der Waals surface area (Å²) >= 11 is 0. The van der Waals surface area contributed by atoms with Gasteiger partial charge < -0.3 is 10.5 Å². The average Bonchev–Trinajstić information content (AvgIpc) is 2.47. The molecular formula is C16H18N2O3. The van der Waals surface area contributed by atoms with Crippen molar-refractivity contribution in [1.82, 2.24) is 0 Å². The Morgan fingerprint density at radius 2 is 2.00 bits per heavy atom. The molecule has 0 radical (unpaired) electrons. The van der Waals surface area contributed by atoms with E-state index in [1.807, 2.05) is 32.0 Å². The highest BCUT2D eigenvalue weighted by Gasteiger charge is 2.16. The van der Waals surface area contributed by atoms with Crippen molar-refractivity contribution in [2.45, 2.75) is 26.8 Å². The fraction of sp³-hybridized carbons (Fsp3) is 0.250. The minimum Gasteiger partial charge on any atom is -0.450 e. The summed E-state index contributed by atoms with van der Waals surface area (Å²) < 4.78 is 5.67. The number of nitrogens with zero attached hydrogens (tertiary/aromatic N) is 1. The molecule has 0 fully saturated rings. The second-order valence-corrected chi connectivity index (χ2v) is 4.81. The van der Waals surface area contributed by atoms with Crippen molar-refractivity contribution in [3.63, 3.8) is 0 Å². The van der Waals surface area contributed by atoms with Gasteiger partial charge in [-0.15, -0.1) is 0 Å². The Balaban J connectivity index is 2.35. The maximum Gasteiger partial charge on any atom is 0.311 e. The number of aryl methyl sites for hydroxylation is 2. The zero-order chi connectivity index (χ0) is 15.4. The number of hydrogen-bond acceptors (Lipinski definition) is 4. The lowest BCUT2D eigenvalue weighted by Crippen LogP contribution is -1.99. The van der Waals surface area contributed by atoms with Crippen molar-refractivity contribution in [3.8, 4) is 11.5 Å². The molecule has 0 bridgehead atoms. The van der Waals surface area contributed by atoms with E-state index in [4.69, 9.17) is 10.5 Å². The summed E-state index contributed by atoms with van der Waals surface area (Å²) in [4.78, 5) is 10.7. The molecule has 0 aliphatic heterocycles. The van der Waals surface area contributed by atoms with Crippen molar-refractivity contribution in [2.24, 2.45) is 5.73 Å².